The summed E-state index contributed by atoms with van der Waals surface area (Å²) in [6.07, 6.45) is 4.70. The second-order valence-electron chi connectivity index (χ2n) is 7.04. The zero-order valence-electron chi connectivity index (χ0n) is 15.4. The van der Waals surface area contributed by atoms with Crippen LogP contribution < -0.4 is 10.1 Å². The lowest BCUT2D eigenvalue weighted by molar-refractivity contribution is -0.00168. The van der Waals surface area contributed by atoms with Crippen LogP contribution in [0.5, 0.6) is 5.75 Å². The van der Waals surface area contributed by atoms with Gasteiger partial charge >= 0.3 is 6.03 Å². The second kappa shape index (κ2) is 8.39. The van der Waals surface area contributed by atoms with E-state index in [0.717, 1.165) is 49.4 Å². The van der Waals surface area contributed by atoms with Crippen molar-refractivity contribution in [3.05, 3.63) is 59.4 Å². The smallest absolute Gasteiger partial charge is 0.317 e. The van der Waals surface area contributed by atoms with Gasteiger partial charge in [0.05, 0.1) is 25.0 Å². The van der Waals surface area contributed by atoms with Gasteiger partial charge in [0.15, 0.2) is 0 Å². The van der Waals surface area contributed by atoms with Gasteiger partial charge in [-0.15, -0.1) is 0 Å². The van der Waals surface area contributed by atoms with Crippen LogP contribution in [0, 0.1) is 0 Å². The maximum Gasteiger partial charge on any atom is 0.317 e. The van der Waals surface area contributed by atoms with E-state index in [1.807, 2.05) is 35.2 Å². The number of nitrogens with one attached hydrogen (secondary N) is 1. The fourth-order valence-electron chi connectivity index (χ4n) is 3.58. The molecule has 2 aliphatic rings. The van der Waals surface area contributed by atoms with Crippen LogP contribution in [-0.2, 0) is 24.3 Å². The molecule has 0 bridgehead atoms. The molecule has 2 aromatic rings. The lowest BCUT2D eigenvalue weighted by Crippen LogP contribution is -2.47. The summed E-state index contributed by atoms with van der Waals surface area (Å²) in [5, 5.41) is 3.03. The molecule has 1 atom stereocenters. The average Bonchev–Trinajstić information content (AvgIpc) is 3.19. The van der Waals surface area contributed by atoms with E-state index < -0.39 is 0 Å². The number of nitrogens with zero attached hydrogens (tertiary/aromatic N) is 2. The van der Waals surface area contributed by atoms with E-state index in [0.29, 0.717) is 19.7 Å². The minimum Gasteiger partial charge on any atom is -0.493 e. The lowest BCUT2D eigenvalue weighted by Gasteiger charge is -2.32. The zero-order valence-corrected chi connectivity index (χ0v) is 15.4. The van der Waals surface area contributed by atoms with E-state index >= 15 is 0 Å². The minimum atomic E-state index is -0.0297. The van der Waals surface area contributed by atoms with Gasteiger partial charge in [-0.25, -0.2) is 4.79 Å². The summed E-state index contributed by atoms with van der Waals surface area (Å²) >= 11 is 0. The Labute approximate surface area is 159 Å². The van der Waals surface area contributed by atoms with E-state index in [2.05, 4.69) is 16.4 Å². The lowest BCUT2D eigenvalue weighted by atomic mass is 10.1. The molecule has 2 aliphatic heterocycles. The normalized spacial score (nSPS) is 18.7. The molecule has 0 spiro atoms. The van der Waals surface area contributed by atoms with E-state index in [-0.39, 0.29) is 12.1 Å². The summed E-state index contributed by atoms with van der Waals surface area (Å²) in [6.45, 7) is 3.16. The zero-order chi connectivity index (χ0) is 18.5. The summed E-state index contributed by atoms with van der Waals surface area (Å²) in [7, 11) is 0. The number of urea groups is 1. The highest BCUT2D eigenvalue weighted by atomic mass is 16.5. The molecule has 27 heavy (non-hydrogen) atoms. The first-order valence-corrected chi connectivity index (χ1v) is 9.57. The Hall–Kier alpha value is -2.60. The third-order valence-corrected chi connectivity index (χ3v) is 5.06. The quantitative estimate of drug-likeness (QED) is 0.883. The van der Waals surface area contributed by atoms with Crippen LogP contribution in [0.2, 0.25) is 0 Å². The summed E-state index contributed by atoms with van der Waals surface area (Å²) in [5.41, 5.74) is 3.25. The average molecular weight is 367 g/mol. The van der Waals surface area contributed by atoms with Gasteiger partial charge < -0.3 is 19.7 Å². The van der Waals surface area contributed by atoms with Crippen LogP contribution in [0.3, 0.4) is 0 Å². The molecule has 1 aromatic carbocycles. The predicted molar refractivity (Wildman–Crippen MR) is 101 cm³/mol. The fourth-order valence-corrected chi connectivity index (χ4v) is 3.58. The highest BCUT2D eigenvalue weighted by Crippen LogP contribution is 2.25. The van der Waals surface area contributed by atoms with Crippen molar-refractivity contribution in [3.8, 4) is 5.75 Å². The van der Waals surface area contributed by atoms with Gasteiger partial charge in [-0.3, -0.25) is 4.98 Å². The molecule has 3 heterocycles. The third-order valence-electron chi connectivity index (χ3n) is 5.06. The number of piperidine rings is 1. The van der Waals surface area contributed by atoms with Crippen LogP contribution in [-0.4, -0.2) is 41.7 Å². The molecule has 0 aliphatic carbocycles. The number of likely N-dealkylation sites (tertiary alicyclic amines) is 1. The van der Waals surface area contributed by atoms with E-state index in [9.17, 15) is 4.79 Å². The monoisotopic (exact) mass is 367 g/mol. The first-order valence-electron chi connectivity index (χ1n) is 9.57. The van der Waals surface area contributed by atoms with Crippen LogP contribution in [0.25, 0.3) is 0 Å². The Bertz CT molecular complexity index is 781. The molecule has 142 valence electrons. The Morgan fingerprint density at radius 3 is 3.19 bits per heavy atom. The maximum absolute atomic E-state index is 12.5. The van der Waals surface area contributed by atoms with Crippen molar-refractivity contribution >= 4 is 6.03 Å². The van der Waals surface area contributed by atoms with Gasteiger partial charge in [0, 0.05) is 32.3 Å². The van der Waals surface area contributed by atoms with Crippen molar-refractivity contribution < 1.29 is 14.3 Å². The largest absolute Gasteiger partial charge is 0.493 e. The molecule has 1 fully saturated rings. The van der Waals surface area contributed by atoms with E-state index in [1.165, 1.54) is 5.56 Å². The number of carbonyl (C=O) groups excluding carboxylic acids is 1. The van der Waals surface area contributed by atoms with Crippen molar-refractivity contribution in [3.63, 3.8) is 0 Å². The van der Waals surface area contributed by atoms with Gasteiger partial charge in [-0.05, 0) is 42.2 Å². The number of carbonyl (C=O) groups is 1. The first kappa shape index (κ1) is 17.8. The van der Waals surface area contributed by atoms with Gasteiger partial charge in [0.2, 0.25) is 0 Å². The number of aromatic nitrogens is 1. The standard InChI is InChI=1S/C21H25N3O3/c25-21(23-13-16-6-7-20-17(12-16)8-11-26-20)24-10-3-5-19(14-24)27-15-18-4-1-2-9-22-18/h1-2,4,6-7,9,12,19H,3,5,8,10-11,13-15H2,(H,23,25)/t19-/m0/s1. The fraction of sp³-hybridized carbons (Fsp3) is 0.429. The Balaban J connectivity index is 1.25. The van der Waals surface area contributed by atoms with Crippen LogP contribution in [0.4, 0.5) is 4.79 Å². The van der Waals surface area contributed by atoms with Gasteiger partial charge in [-0.1, -0.05) is 18.2 Å². The molecule has 6 heteroatoms. The third kappa shape index (κ3) is 4.57. The Morgan fingerprint density at radius 1 is 1.33 bits per heavy atom. The van der Waals surface area contributed by atoms with Crippen LogP contribution >= 0.6 is 0 Å². The topological polar surface area (TPSA) is 63.7 Å². The number of hydrogen-bond acceptors (Lipinski definition) is 4. The van der Waals surface area contributed by atoms with Crippen LogP contribution in [0.1, 0.15) is 29.7 Å². The van der Waals surface area contributed by atoms with Gasteiger partial charge in [0.1, 0.15) is 5.75 Å². The summed E-state index contributed by atoms with van der Waals surface area (Å²) < 4.78 is 11.5. The Morgan fingerprint density at radius 2 is 2.30 bits per heavy atom. The second-order valence-corrected chi connectivity index (χ2v) is 7.04. The molecule has 4 rings (SSSR count). The molecule has 6 nitrogen and oxygen atoms in total. The summed E-state index contributed by atoms with van der Waals surface area (Å²) in [4.78, 5) is 18.7. The highest BCUT2D eigenvalue weighted by molar-refractivity contribution is 5.74. The number of fused-ring (bicyclic) bond motifs is 1. The van der Waals surface area contributed by atoms with Gasteiger partial charge in [-0.2, -0.15) is 0 Å². The predicted octanol–water partition coefficient (Wildman–Crippen LogP) is 2.91. The van der Waals surface area contributed by atoms with Crippen LogP contribution in [0.15, 0.2) is 42.6 Å². The van der Waals surface area contributed by atoms with E-state index in [1.54, 1.807) is 6.20 Å². The minimum absolute atomic E-state index is 0.0297. The number of benzene rings is 1. The van der Waals surface area contributed by atoms with Crippen molar-refractivity contribution in [2.75, 3.05) is 19.7 Å². The molecule has 1 aromatic heterocycles. The molecular weight excluding hydrogens is 342 g/mol. The van der Waals surface area contributed by atoms with E-state index in [4.69, 9.17) is 9.47 Å². The molecule has 1 saturated heterocycles. The molecule has 0 radical (unpaired) electrons. The molecular formula is C21H25N3O3. The molecule has 1 N–H and O–H groups in total. The number of hydrogen-bond donors (Lipinski definition) is 1. The van der Waals surface area contributed by atoms with Crippen molar-refractivity contribution in [2.45, 2.75) is 38.5 Å². The maximum atomic E-state index is 12.5. The Kier molecular flexibility index (Phi) is 5.53. The SMILES string of the molecule is O=C(NCc1ccc2c(c1)CCO2)N1CCC[C@H](OCc2ccccn2)C1. The summed E-state index contributed by atoms with van der Waals surface area (Å²) in [5.74, 6) is 0.967. The number of ether oxygens (including phenoxy) is 2. The first-order chi connectivity index (χ1) is 13.3. The summed E-state index contributed by atoms with van der Waals surface area (Å²) in [6, 6.07) is 11.9. The molecule has 2 amide bonds. The number of amides is 2. The van der Waals surface area contributed by atoms with Crippen molar-refractivity contribution in [1.82, 2.24) is 15.2 Å². The van der Waals surface area contributed by atoms with Crippen molar-refractivity contribution in [1.29, 1.82) is 0 Å². The van der Waals surface area contributed by atoms with Gasteiger partial charge in [0.25, 0.3) is 0 Å². The number of rotatable bonds is 5. The number of pyridine rings is 1. The molecule has 0 saturated carbocycles. The highest BCUT2D eigenvalue weighted by Gasteiger charge is 2.24. The van der Waals surface area contributed by atoms with Crippen molar-refractivity contribution in [2.24, 2.45) is 0 Å². The molecule has 0 unspecified atom stereocenters.